The van der Waals surface area contributed by atoms with Gasteiger partial charge in [-0.25, -0.2) is 4.79 Å². The zero-order valence-corrected chi connectivity index (χ0v) is 9.19. The highest BCUT2D eigenvalue weighted by atomic mass is 16.5. The van der Waals surface area contributed by atoms with Gasteiger partial charge in [-0.2, -0.15) is 5.10 Å². The van der Waals surface area contributed by atoms with Gasteiger partial charge in [-0.15, -0.1) is 0 Å². The van der Waals surface area contributed by atoms with E-state index in [4.69, 9.17) is 4.74 Å². The van der Waals surface area contributed by atoms with E-state index < -0.39 is 0 Å². The highest BCUT2D eigenvalue weighted by molar-refractivity contribution is 5.89. The van der Waals surface area contributed by atoms with E-state index in [2.05, 4.69) is 20.8 Å². The minimum atomic E-state index is -0.232. The third kappa shape index (κ3) is 2.73. The Morgan fingerprint density at radius 1 is 1.75 bits per heavy atom. The van der Waals surface area contributed by atoms with E-state index in [1.807, 2.05) is 6.92 Å². The summed E-state index contributed by atoms with van der Waals surface area (Å²) in [7, 11) is 0. The number of ether oxygens (including phenoxy) is 1. The molecule has 2 heterocycles. The normalized spacial score (nSPS) is 21.7. The van der Waals surface area contributed by atoms with Crippen LogP contribution in [-0.2, 0) is 4.74 Å². The Hall–Kier alpha value is -1.56. The molecule has 0 unspecified atom stereocenters. The van der Waals surface area contributed by atoms with Crippen LogP contribution in [0.1, 0.15) is 19.8 Å². The first-order chi connectivity index (χ1) is 7.75. The predicted octanol–water partition coefficient (Wildman–Crippen LogP) is 1.10. The maximum atomic E-state index is 11.6. The van der Waals surface area contributed by atoms with Gasteiger partial charge in [0.15, 0.2) is 0 Å². The van der Waals surface area contributed by atoms with Crippen LogP contribution in [0.2, 0.25) is 0 Å². The van der Waals surface area contributed by atoms with Gasteiger partial charge in [0.2, 0.25) is 0 Å². The third-order valence-electron chi connectivity index (χ3n) is 2.64. The van der Waals surface area contributed by atoms with Crippen molar-refractivity contribution in [2.45, 2.75) is 31.9 Å². The summed E-state index contributed by atoms with van der Waals surface area (Å²) in [6, 6.07) is -0.209. The van der Waals surface area contributed by atoms with Gasteiger partial charge in [-0.3, -0.25) is 5.10 Å². The minimum absolute atomic E-state index is 0.0226. The van der Waals surface area contributed by atoms with Gasteiger partial charge in [0.05, 0.1) is 24.0 Å². The topological polar surface area (TPSA) is 79.0 Å². The molecule has 0 saturated carbocycles. The van der Waals surface area contributed by atoms with E-state index in [1.165, 1.54) is 0 Å². The minimum Gasteiger partial charge on any atom is -0.376 e. The summed E-state index contributed by atoms with van der Waals surface area (Å²) in [5, 5.41) is 11.9. The summed E-state index contributed by atoms with van der Waals surface area (Å²) in [6.45, 7) is 2.74. The Balaban J connectivity index is 1.78. The number of rotatable bonds is 3. The molecule has 1 aliphatic rings. The number of H-pyrrole nitrogens is 1. The van der Waals surface area contributed by atoms with E-state index in [9.17, 15) is 4.79 Å². The van der Waals surface area contributed by atoms with Crippen molar-refractivity contribution < 1.29 is 9.53 Å². The fourth-order valence-corrected chi connectivity index (χ4v) is 1.78. The lowest BCUT2D eigenvalue weighted by Gasteiger charge is -2.19. The Kier molecular flexibility index (Phi) is 3.40. The molecule has 1 saturated heterocycles. The number of carbonyl (C=O) groups is 1. The Labute approximate surface area is 93.8 Å². The summed E-state index contributed by atoms with van der Waals surface area (Å²) in [5.74, 6) is 0. The largest absolute Gasteiger partial charge is 0.376 e. The Morgan fingerprint density at radius 2 is 2.62 bits per heavy atom. The van der Waals surface area contributed by atoms with Gasteiger partial charge in [-0.05, 0) is 19.8 Å². The van der Waals surface area contributed by atoms with Crippen LogP contribution in [0.4, 0.5) is 10.5 Å². The Bertz CT molecular complexity index is 333. The number of aromatic amines is 1. The second-order valence-electron chi connectivity index (χ2n) is 3.93. The first kappa shape index (κ1) is 10.9. The SMILES string of the molecule is C[C@@H](NC(=O)Nc1cn[nH]c1)[C@H]1CCCO1. The molecule has 1 aromatic rings. The molecule has 1 fully saturated rings. The lowest BCUT2D eigenvalue weighted by atomic mass is 10.1. The summed E-state index contributed by atoms with van der Waals surface area (Å²) in [6.07, 6.45) is 5.38. The van der Waals surface area contributed by atoms with Gasteiger partial charge in [0.1, 0.15) is 0 Å². The van der Waals surface area contributed by atoms with Crippen LogP contribution in [0.5, 0.6) is 0 Å². The number of amides is 2. The van der Waals surface area contributed by atoms with E-state index in [0.29, 0.717) is 5.69 Å². The molecule has 0 spiro atoms. The lowest BCUT2D eigenvalue weighted by molar-refractivity contribution is 0.0868. The van der Waals surface area contributed by atoms with Crippen LogP contribution < -0.4 is 10.6 Å². The molecule has 0 radical (unpaired) electrons. The van der Waals surface area contributed by atoms with E-state index >= 15 is 0 Å². The predicted molar refractivity (Wildman–Crippen MR) is 59.2 cm³/mol. The van der Waals surface area contributed by atoms with Crippen LogP contribution in [0, 0.1) is 0 Å². The third-order valence-corrected chi connectivity index (χ3v) is 2.64. The first-order valence-electron chi connectivity index (χ1n) is 5.43. The molecule has 16 heavy (non-hydrogen) atoms. The molecule has 6 nitrogen and oxygen atoms in total. The van der Waals surface area contributed by atoms with Crippen molar-refractivity contribution in [1.82, 2.24) is 15.5 Å². The van der Waals surface area contributed by atoms with Crippen molar-refractivity contribution in [2.24, 2.45) is 0 Å². The van der Waals surface area contributed by atoms with Crippen molar-refractivity contribution in [3.63, 3.8) is 0 Å². The molecule has 2 atom stereocenters. The first-order valence-corrected chi connectivity index (χ1v) is 5.43. The summed E-state index contributed by atoms with van der Waals surface area (Å²) in [4.78, 5) is 11.6. The average molecular weight is 224 g/mol. The maximum Gasteiger partial charge on any atom is 0.319 e. The van der Waals surface area contributed by atoms with E-state index in [-0.39, 0.29) is 18.2 Å². The zero-order valence-electron chi connectivity index (χ0n) is 9.19. The van der Waals surface area contributed by atoms with Crippen LogP contribution in [0.3, 0.4) is 0 Å². The molecule has 88 valence electrons. The van der Waals surface area contributed by atoms with E-state index in [1.54, 1.807) is 12.4 Å². The summed E-state index contributed by atoms with van der Waals surface area (Å²) >= 11 is 0. The van der Waals surface area contributed by atoms with Crippen molar-refractivity contribution in [1.29, 1.82) is 0 Å². The van der Waals surface area contributed by atoms with Crippen LogP contribution >= 0.6 is 0 Å². The van der Waals surface area contributed by atoms with Crippen molar-refractivity contribution >= 4 is 11.7 Å². The number of hydrogen-bond acceptors (Lipinski definition) is 3. The molecule has 1 aromatic heterocycles. The number of nitrogens with zero attached hydrogens (tertiary/aromatic N) is 1. The highest BCUT2D eigenvalue weighted by Crippen LogP contribution is 2.15. The second-order valence-corrected chi connectivity index (χ2v) is 3.93. The second kappa shape index (κ2) is 4.98. The lowest BCUT2D eigenvalue weighted by Crippen LogP contribution is -2.42. The maximum absolute atomic E-state index is 11.6. The van der Waals surface area contributed by atoms with Crippen molar-refractivity contribution in [3.05, 3.63) is 12.4 Å². The smallest absolute Gasteiger partial charge is 0.319 e. The van der Waals surface area contributed by atoms with Gasteiger partial charge in [0, 0.05) is 12.8 Å². The number of urea groups is 1. The molecule has 3 N–H and O–H groups in total. The van der Waals surface area contributed by atoms with Crippen LogP contribution in [0.25, 0.3) is 0 Å². The number of hydrogen-bond donors (Lipinski definition) is 3. The molecule has 0 aliphatic carbocycles. The molecule has 2 rings (SSSR count). The monoisotopic (exact) mass is 224 g/mol. The van der Waals surface area contributed by atoms with Crippen molar-refractivity contribution in [3.8, 4) is 0 Å². The molecule has 2 amide bonds. The molecule has 6 heteroatoms. The van der Waals surface area contributed by atoms with Gasteiger partial charge in [0.25, 0.3) is 0 Å². The van der Waals surface area contributed by atoms with Crippen LogP contribution in [0.15, 0.2) is 12.4 Å². The van der Waals surface area contributed by atoms with E-state index in [0.717, 1.165) is 19.4 Å². The average Bonchev–Trinajstić information content (AvgIpc) is 2.88. The summed E-state index contributed by atoms with van der Waals surface area (Å²) < 4.78 is 5.49. The quantitative estimate of drug-likeness (QED) is 0.719. The summed E-state index contributed by atoms with van der Waals surface area (Å²) in [5.41, 5.74) is 0.650. The molecule has 1 aliphatic heterocycles. The zero-order chi connectivity index (χ0) is 11.4. The molecular weight excluding hydrogens is 208 g/mol. The number of aromatic nitrogens is 2. The number of nitrogens with one attached hydrogen (secondary N) is 3. The molecule has 0 aromatic carbocycles. The van der Waals surface area contributed by atoms with Gasteiger partial charge < -0.3 is 15.4 Å². The number of carbonyl (C=O) groups excluding carboxylic acids is 1. The fourth-order valence-electron chi connectivity index (χ4n) is 1.78. The van der Waals surface area contributed by atoms with Crippen LogP contribution in [-0.4, -0.2) is 35.0 Å². The number of anilines is 1. The highest BCUT2D eigenvalue weighted by Gasteiger charge is 2.23. The van der Waals surface area contributed by atoms with Gasteiger partial charge >= 0.3 is 6.03 Å². The Morgan fingerprint density at radius 3 is 3.25 bits per heavy atom. The standard InChI is InChI=1S/C10H16N4O2/c1-7(9-3-2-4-16-9)13-10(15)14-8-5-11-12-6-8/h5-7,9H,2-4H2,1H3,(H,11,12)(H2,13,14,15)/t7-,9-/m1/s1. The van der Waals surface area contributed by atoms with Gasteiger partial charge in [-0.1, -0.05) is 0 Å². The van der Waals surface area contributed by atoms with Crippen molar-refractivity contribution in [2.75, 3.05) is 11.9 Å². The molecular formula is C10H16N4O2. The molecule has 0 bridgehead atoms. The fraction of sp³-hybridized carbons (Fsp3) is 0.600.